The molecule has 0 spiro atoms. The van der Waals surface area contributed by atoms with Gasteiger partial charge in [0.15, 0.2) is 0 Å². The lowest BCUT2D eigenvalue weighted by Crippen LogP contribution is -2.32. The van der Waals surface area contributed by atoms with Crippen LogP contribution < -0.4 is 4.74 Å². The second kappa shape index (κ2) is 6.40. The van der Waals surface area contributed by atoms with E-state index in [1.165, 1.54) is 23.5 Å². The lowest BCUT2D eigenvalue weighted by atomic mass is 10.2. The van der Waals surface area contributed by atoms with Gasteiger partial charge in [-0.05, 0) is 18.9 Å². The Labute approximate surface area is 123 Å². The molecular weight excluding hydrogens is 296 g/mol. The summed E-state index contributed by atoms with van der Waals surface area (Å²) in [6.45, 7) is 0.877. The Kier molecular flexibility index (Phi) is 4.79. The van der Waals surface area contributed by atoms with Gasteiger partial charge >= 0.3 is 0 Å². The molecule has 8 heteroatoms. The Morgan fingerprint density at radius 3 is 2.33 bits per heavy atom. The third kappa shape index (κ3) is 3.33. The zero-order valence-electron chi connectivity index (χ0n) is 11.8. The van der Waals surface area contributed by atoms with Crippen molar-refractivity contribution in [1.29, 1.82) is 0 Å². The van der Waals surface area contributed by atoms with E-state index in [1.807, 2.05) is 0 Å². The van der Waals surface area contributed by atoms with Crippen molar-refractivity contribution in [2.45, 2.75) is 30.6 Å². The van der Waals surface area contributed by atoms with Crippen molar-refractivity contribution in [1.82, 2.24) is 4.31 Å². The number of benzene rings is 1. The number of nitro benzene ring substituents is 1. The first-order chi connectivity index (χ1) is 9.96. The number of hydrogen-bond acceptors (Lipinski definition) is 5. The third-order valence-corrected chi connectivity index (χ3v) is 5.46. The summed E-state index contributed by atoms with van der Waals surface area (Å²) in [6, 6.07) is 3.63. The van der Waals surface area contributed by atoms with Gasteiger partial charge in [-0.1, -0.05) is 12.8 Å². The van der Waals surface area contributed by atoms with Crippen molar-refractivity contribution in [2.75, 3.05) is 20.2 Å². The largest absolute Gasteiger partial charge is 0.495 e. The first kappa shape index (κ1) is 15.7. The molecule has 21 heavy (non-hydrogen) atoms. The quantitative estimate of drug-likeness (QED) is 0.627. The molecule has 7 nitrogen and oxygen atoms in total. The van der Waals surface area contributed by atoms with Crippen LogP contribution in [0.5, 0.6) is 5.75 Å². The molecular formula is C13H18N2O5S. The van der Waals surface area contributed by atoms with Crippen LogP contribution in [0.1, 0.15) is 25.7 Å². The van der Waals surface area contributed by atoms with E-state index >= 15 is 0 Å². The number of ether oxygens (including phenoxy) is 1. The summed E-state index contributed by atoms with van der Waals surface area (Å²) in [5.74, 6) is 0.129. The highest BCUT2D eigenvalue weighted by atomic mass is 32.2. The van der Waals surface area contributed by atoms with Crippen LogP contribution in [0.15, 0.2) is 23.1 Å². The predicted octanol–water partition coefficient (Wildman–Crippen LogP) is 2.17. The maximum Gasteiger partial charge on any atom is 0.271 e. The summed E-state index contributed by atoms with van der Waals surface area (Å²) in [5, 5.41) is 10.9. The van der Waals surface area contributed by atoms with E-state index < -0.39 is 14.9 Å². The molecule has 1 aromatic carbocycles. The maximum atomic E-state index is 12.7. The number of methoxy groups -OCH3 is 1. The van der Waals surface area contributed by atoms with Gasteiger partial charge in [-0.15, -0.1) is 0 Å². The molecule has 1 aliphatic rings. The second-order valence-electron chi connectivity index (χ2n) is 4.91. The van der Waals surface area contributed by atoms with Crippen LogP contribution in [0.3, 0.4) is 0 Å². The van der Waals surface area contributed by atoms with Crippen LogP contribution in [0.25, 0.3) is 0 Å². The van der Waals surface area contributed by atoms with Gasteiger partial charge < -0.3 is 4.74 Å². The normalized spacial score (nSPS) is 17.2. The van der Waals surface area contributed by atoms with Gasteiger partial charge in [0, 0.05) is 25.2 Å². The van der Waals surface area contributed by atoms with E-state index in [1.54, 1.807) is 0 Å². The fourth-order valence-electron chi connectivity index (χ4n) is 2.40. The average Bonchev–Trinajstić information content (AvgIpc) is 2.76. The molecule has 0 atom stereocenters. The second-order valence-corrected chi connectivity index (χ2v) is 6.82. The van der Waals surface area contributed by atoms with Crippen LogP contribution >= 0.6 is 0 Å². The third-order valence-electron chi connectivity index (χ3n) is 3.54. The SMILES string of the molecule is COc1ccc([N+](=O)[O-])cc1S(=O)(=O)N1CCCCCC1. The van der Waals surface area contributed by atoms with Crippen molar-refractivity contribution in [3.8, 4) is 5.75 Å². The molecule has 0 amide bonds. The Balaban J connectivity index is 2.46. The van der Waals surface area contributed by atoms with Gasteiger partial charge in [0.1, 0.15) is 10.6 Å². The van der Waals surface area contributed by atoms with E-state index in [2.05, 4.69) is 0 Å². The lowest BCUT2D eigenvalue weighted by Gasteiger charge is -2.21. The molecule has 0 unspecified atom stereocenters. The van der Waals surface area contributed by atoms with Gasteiger partial charge in [0.05, 0.1) is 12.0 Å². The van der Waals surface area contributed by atoms with Crippen LogP contribution in [0.4, 0.5) is 5.69 Å². The number of sulfonamides is 1. The molecule has 1 aromatic rings. The molecule has 1 saturated heterocycles. The molecule has 0 aliphatic carbocycles. The summed E-state index contributed by atoms with van der Waals surface area (Å²) in [6.07, 6.45) is 3.60. The minimum absolute atomic E-state index is 0.129. The fourth-order valence-corrected chi connectivity index (χ4v) is 4.09. The summed E-state index contributed by atoms with van der Waals surface area (Å²) >= 11 is 0. The minimum Gasteiger partial charge on any atom is -0.495 e. The first-order valence-corrected chi connectivity index (χ1v) is 8.23. The summed E-state index contributed by atoms with van der Waals surface area (Å²) in [4.78, 5) is 10.1. The van der Waals surface area contributed by atoms with Crippen LogP contribution in [0, 0.1) is 10.1 Å². The fraction of sp³-hybridized carbons (Fsp3) is 0.538. The Bertz CT molecular complexity index is 621. The van der Waals surface area contributed by atoms with E-state index in [0.717, 1.165) is 31.7 Å². The number of nitro groups is 1. The van der Waals surface area contributed by atoms with E-state index in [-0.39, 0.29) is 16.3 Å². The monoisotopic (exact) mass is 314 g/mol. The molecule has 2 rings (SSSR count). The number of rotatable bonds is 4. The average molecular weight is 314 g/mol. The lowest BCUT2D eigenvalue weighted by molar-refractivity contribution is -0.385. The van der Waals surface area contributed by atoms with Crippen molar-refractivity contribution >= 4 is 15.7 Å². The van der Waals surface area contributed by atoms with Crippen molar-refractivity contribution in [2.24, 2.45) is 0 Å². The molecule has 1 aliphatic heterocycles. The van der Waals surface area contributed by atoms with Crippen molar-refractivity contribution in [3.63, 3.8) is 0 Å². The maximum absolute atomic E-state index is 12.7. The molecule has 0 aromatic heterocycles. The molecule has 116 valence electrons. The van der Waals surface area contributed by atoms with Crippen LogP contribution in [-0.2, 0) is 10.0 Å². The highest BCUT2D eigenvalue weighted by molar-refractivity contribution is 7.89. The van der Waals surface area contributed by atoms with E-state index in [9.17, 15) is 18.5 Å². The number of hydrogen-bond donors (Lipinski definition) is 0. The molecule has 1 heterocycles. The number of non-ortho nitro benzene ring substituents is 1. The smallest absolute Gasteiger partial charge is 0.271 e. The summed E-state index contributed by atoms with van der Waals surface area (Å²) < 4.78 is 31.9. The van der Waals surface area contributed by atoms with Gasteiger partial charge in [0.25, 0.3) is 5.69 Å². The van der Waals surface area contributed by atoms with Crippen molar-refractivity contribution < 1.29 is 18.1 Å². The van der Waals surface area contributed by atoms with E-state index in [4.69, 9.17) is 4.74 Å². The highest BCUT2D eigenvalue weighted by Gasteiger charge is 2.29. The molecule has 0 saturated carbocycles. The van der Waals surface area contributed by atoms with Gasteiger partial charge in [-0.2, -0.15) is 4.31 Å². The van der Waals surface area contributed by atoms with E-state index in [0.29, 0.717) is 13.1 Å². The molecule has 1 fully saturated rings. The highest BCUT2D eigenvalue weighted by Crippen LogP contribution is 2.31. The summed E-state index contributed by atoms with van der Waals surface area (Å²) in [7, 11) is -2.43. The molecule has 0 bridgehead atoms. The first-order valence-electron chi connectivity index (χ1n) is 6.79. The van der Waals surface area contributed by atoms with Crippen LogP contribution in [0.2, 0.25) is 0 Å². The Hall–Kier alpha value is -1.67. The summed E-state index contributed by atoms with van der Waals surface area (Å²) in [5.41, 5.74) is -0.260. The minimum atomic E-state index is -3.78. The molecule has 0 radical (unpaired) electrons. The predicted molar refractivity (Wildman–Crippen MR) is 76.9 cm³/mol. The van der Waals surface area contributed by atoms with Gasteiger partial charge in [0.2, 0.25) is 10.0 Å². The van der Waals surface area contributed by atoms with Crippen LogP contribution in [-0.4, -0.2) is 37.8 Å². The Morgan fingerprint density at radius 1 is 1.19 bits per heavy atom. The topological polar surface area (TPSA) is 89.7 Å². The number of nitrogens with zero attached hydrogens (tertiary/aromatic N) is 2. The van der Waals surface area contributed by atoms with Gasteiger partial charge in [-0.25, -0.2) is 8.42 Å². The standard InChI is InChI=1S/C13H18N2O5S/c1-20-12-7-6-11(15(16)17)10-13(12)21(18,19)14-8-4-2-3-5-9-14/h6-7,10H,2-5,8-9H2,1H3. The zero-order chi connectivity index (χ0) is 15.5. The van der Waals surface area contributed by atoms with Gasteiger partial charge in [-0.3, -0.25) is 10.1 Å². The Morgan fingerprint density at radius 2 is 1.81 bits per heavy atom. The van der Waals surface area contributed by atoms with Crippen molar-refractivity contribution in [3.05, 3.63) is 28.3 Å². The zero-order valence-corrected chi connectivity index (χ0v) is 12.6. The molecule has 0 N–H and O–H groups in total.